The van der Waals surface area contributed by atoms with Crippen molar-refractivity contribution in [2.75, 3.05) is 7.11 Å². The molecule has 0 aliphatic heterocycles. The normalized spacial score (nSPS) is 21.1. The molecule has 1 aromatic rings. The Kier molecular flexibility index (Phi) is 3.21. The predicted molar refractivity (Wildman–Crippen MR) is 58.1 cm³/mol. The fraction of sp³-hybridized carbons (Fsp3) is 0.800. The van der Waals surface area contributed by atoms with Gasteiger partial charge in [-0.1, -0.05) is 25.7 Å². The predicted octanol–water partition coefficient (Wildman–Crippen LogP) is 2.93. The second-order valence-electron chi connectivity index (χ2n) is 4.04. The van der Waals surface area contributed by atoms with E-state index in [1.165, 1.54) is 25.7 Å². The van der Waals surface area contributed by atoms with Crippen LogP contribution >= 0.6 is 12.2 Å². The molecule has 5 heteroatoms. The molecule has 84 valence electrons. The first kappa shape index (κ1) is 10.8. The Labute approximate surface area is 94.0 Å². The molecule has 2 rings (SSSR count). The zero-order valence-electron chi connectivity index (χ0n) is 8.91. The Morgan fingerprint density at radius 1 is 1.33 bits per heavy atom. The van der Waals surface area contributed by atoms with E-state index in [1.54, 1.807) is 7.11 Å². The summed E-state index contributed by atoms with van der Waals surface area (Å²) in [6.07, 6.45) is 6.85. The van der Waals surface area contributed by atoms with Crippen LogP contribution in [0.25, 0.3) is 0 Å². The van der Waals surface area contributed by atoms with E-state index < -0.39 is 0 Å². The minimum atomic E-state index is -0.308. The maximum atomic E-state index is 5.66. The van der Waals surface area contributed by atoms with Crippen molar-refractivity contribution in [1.29, 1.82) is 0 Å². The number of nitrogens with zero attached hydrogens (tertiary/aromatic N) is 1. The number of hydrogen-bond donors (Lipinski definition) is 1. The molecule has 0 unspecified atom stereocenters. The molecular formula is C10H16N2O2S. The highest BCUT2D eigenvalue weighted by atomic mass is 32.1. The summed E-state index contributed by atoms with van der Waals surface area (Å²) in [6.45, 7) is 0. The molecule has 1 heterocycles. The Bertz CT molecular complexity index is 363. The zero-order chi connectivity index (χ0) is 10.7. The SMILES string of the molecule is COC1(c2nc(=S)o[nH]2)CCCCCC1. The lowest BCUT2D eigenvalue weighted by Gasteiger charge is -2.28. The van der Waals surface area contributed by atoms with Gasteiger partial charge in [0, 0.05) is 7.11 Å². The number of aromatic amines is 1. The molecule has 0 aromatic carbocycles. The smallest absolute Gasteiger partial charge is 0.314 e. The number of nitrogens with one attached hydrogen (secondary N) is 1. The molecule has 0 spiro atoms. The number of H-pyrrole nitrogens is 1. The van der Waals surface area contributed by atoms with Gasteiger partial charge in [-0.2, -0.15) is 4.98 Å². The van der Waals surface area contributed by atoms with Gasteiger partial charge in [0.05, 0.1) is 0 Å². The Balaban J connectivity index is 2.30. The highest BCUT2D eigenvalue weighted by Crippen LogP contribution is 2.37. The van der Waals surface area contributed by atoms with Crippen molar-refractivity contribution in [3.63, 3.8) is 0 Å². The van der Waals surface area contributed by atoms with E-state index in [9.17, 15) is 0 Å². The molecule has 1 aliphatic rings. The molecule has 1 fully saturated rings. The fourth-order valence-corrected chi connectivity index (χ4v) is 2.39. The lowest BCUT2D eigenvalue weighted by molar-refractivity contribution is -0.0365. The second kappa shape index (κ2) is 4.45. The summed E-state index contributed by atoms with van der Waals surface area (Å²) in [5.74, 6) is 0.747. The molecule has 0 atom stereocenters. The second-order valence-corrected chi connectivity index (χ2v) is 4.39. The van der Waals surface area contributed by atoms with Gasteiger partial charge in [-0.05, 0) is 25.1 Å². The Hall–Kier alpha value is -0.680. The number of aromatic nitrogens is 2. The maximum absolute atomic E-state index is 5.66. The van der Waals surface area contributed by atoms with Crippen molar-refractivity contribution in [1.82, 2.24) is 10.1 Å². The molecule has 0 saturated heterocycles. The third kappa shape index (κ3) is 2.13. The van der Waals surface area contributed by atoms with Gasteiger partial charge in [0.15, 0.2) is 5.82 Å². The Morgan fingerprint density at radius 2 is 2.00 bits per heavy atom. The van der Waals surface area contributed by atoms with Crippen molar-refractivity contribution in [3.8, 4) is 0 Å². The first-order valence-electron chi connectivity index (χ1n) is 5.38. The van der Waals surface area contributed by atoms with E-state index in [0.29, 0.717) is 0 Å². The summed E-state index contributed by atoms with van der Waals surface area (Å²) in [5.41, 5.74) is -0.308. The molecule has 1 aliphatic carbocycles. The monoisotopic (exact) mass is 228 g/mol. The van der Waals surface area contributed by atoms with Crippen LogP contribution in [0, 0.1) is 4.84 Å². The van der Waals surface area contributed by atoms with Crippen molar-refractivity contribution >= 4 is 12.2 Å². The van der Waals surface area contributed by atoms with Gasteiger partial charge in [-0.25, -0.2) is 5.16 Å². The Morgan fingerprint density at radius 3 is 2.47 bits per heavy atom. The average molecular weight is 228 g/mol. The number of methoxy groups -OCH3 is 1. The third-order valence-corrected chi connectivity index (χ3v) is 3.35. The van der Waals surface area contributed by atoms with Crippen LogP contribution in [-0.2, 0) is 10.3 Å². The van der Waals surface area contributed by atoms with Crippen LogP contribution in [0.1, 0.15) is 44.3 Å². The molecule has 1 N–H and O–H groups in total. The lowest BCUT2D eigenvalue weighted by atomic mass is 9.93. The van der Waals surface area contributed by atoms with Crippen molar-refractivity contribution in [3.05, 3.63) is 10.7 Å². The highest BCUT2D eigenvalue weighted by molar-refractivity contribution is 7.71. The van der Waals surface area contributed by atoms with Crippen LogP contribution in [0.4, 0.5) is 0 Å². The lowest BCUT2D eigenvalue weighted by Crippen LogP contribution is -2.29. The van der Waals surface area contributed by atoms with Gasteiger partial charge < -0.3 is 9.26 Å². The van der Waals surface area contributed by atoms with Crippen LogP contribution in [0.15, 0.2) is 4.52 Å². The molecule has 0 radical (unpaired) electrons. The minimum absolute atomic E-state index is 0.255. The average Bonchev–Trinajstić information content (AvgIpc) is 2.56. The van der Waals surface area contributed by atoms with Crippen LogP contribution in [0.5, 0.6) is 0 Å². The molecular weight excluding hydrogens is 212 g/mol. The van der Waals surface area contributed by atoms with Crippen LogP contribution < -0.4 is 0 Å². The first-order chi connectivity index (χ1) is 7.27. The van der Waals surface area contributed by atoms with E-state index >= 15 is 0 Å². The van der Waals surface area contributed by atoms with Gasteiger partial charge in [0.1, 0.15) is 5.60 Å². The highest BCUT2D eigenvalue weighted by Gasteiger charge is 2.36. The van der Waals surface area contributed by atoms with Gasteiger partial charge in [0.25, 0.3) is 0 Å². The molecule has 4 nitrogen and oxygen atoms in total. The zero-order valence-corrected chi connectivity index (χ0v) is 9.73. The van der Waals surface area contributed by atoms with E-state index in [1.807, 2.05) is 0 Å². The quantitative estimate of drug-likeness (QED) is 0.624. The summed E-state index contributed by atoms with van der Waals surface area (Å²) >= 11 is 4.87. The molecule has 0 amide bonds. The topological polar surface area (TPSA) is 51.1 Å². The summed E-state index contributed by atoms with van der Waals surface area (Å²) in [5, 5.41) is 2.78. The fourth-order valence-electron chi connectivity index (χ4n) is 2.26. The van der Waals surface area contributed by atoms with Crippen molar-refractivity contribution in [2.45, 2.75) is 44.1 Å². The molecule has 1 aromatic heterocycles. The van der Waals surface area contributed by atoms with Crippen LogP contribution in [0.3, 0.4) is 0 Å². The van der Waals surface area contributed by atoms with Gasteiger partial charge in [-0.15, -0.1) is 0 Å². The van der Waals surface area contributed by atoms with Gasteiger partial charge in [0.2, 0.25) is 0 Å². The molecule has 0 bridgehead atoms. The summed E-state index contributed by atoms with van der Waals surface area (Å²) in [6, 6.07) is 0. The summed E-state index contributed by atoms with van der Waals surface area (Å²) < 4.78 is 10.6. The molecule has 15 heavy (non-hydrogen) atoms. The minimum Gasteiger partial charge on any atom is -0.370 e. The van der Waals surface area contributed by atoms with Gasteiger partial charge in [-0.3, -0.25) is 0 Å². The number of rotatable bonds is 2. The largest absolute Gasteiger partial charge is 0.370 e. The van der Waals surface area contributed by atoms with Crippen molar-refractivity contribution < 1.29 is 9.26 Å². The third-order valence-electron chi connectivity index (χ3n) is 3.17. The van der Waals surface area contributed by atoms with Crippen LogP contribution in [0.2, 0.25) is 0 Å². The summed E-state index contributed by atoms with van der Waals surface area (Å²) in [4.78, 5) is 4.44. The molecule has 1 saturated carbocycles. The van der Waals surface area contributed by atoms with Crippen molar-refractivity contribution in [2.24, 2.45) is 0 Å². The van der Waals surface area contributed by atoms with E-state index in [0.717, 1.165) is 18.7 Å². The first-order valence-corrected chi connectivity index (χ1v) is 5.79. The number of ether oxygens (including phenoxy) is 1. The standard InChI is InChI=1S/C10H16N2O2S/c1-13-10(6-4-2-3-5-7-10)8-11-9(15)14-12-8/h2-7H2,1H3,(H,11,12,15). The van der Waals surface area contributed by atoms with E-state index in [-0.39, 0.29) is 10.4 Å². The van der Waals surface area contributed by atoms with Crippen LogP contribution in [-0.4, -0.2) is 17.3 Å². The number of hydrogen-bond acceptors (Lipinski definition) is 4. The summed E-state index contributed by atoms with van der Waals surface area (Å²) in [7, 11) is 1.73. The maximum Gasteiger partial charge on any atom is 0.314 e. The van der Waals surface area contributed by atoms with E-state index in [2.05, 4.69) is 10.1 Å². The van der Waals surface area contributed by atoms with Gasteiger partial charge >= 0.3 is 4.84 Å². The van der Waals surface area contributed by atoms with E-state index in [4.69, 9.17) is 21.5 Å².